The van der Waals surface area contributed by atoms with E-state index >= 15 is 0 Å². The molecule has 3 aliphatic rings. The molecule has 2 atom stereocenters. The van der Waals surface area contributed by atoms with Crippen molar-refractivity contribution in [2.45, 2.75) is 38.1 Å². The van der Waals surface area contributed by atoms with Crippen LogP contribution in [0.1, 0.15) is 32.6 Å². The molecule has 0 aromatic heterocycles. The number of urea groups is 1. The van der Waals surface area contributed by atoms with Crippen LogP contribution in [0.25, 0.3) is 0 Å². The van der Waals surface area contributed by atoms with Gasteiger partial charge in [-0.2, -0.15) is 0 Å². The van der Waals surface area contributed by atoms with Crippen LogP contribution >= 0.6 is 0 Å². The van der Waals surface area contributed by atoms with E-state index in [1.165, 1.54) is 15.5 Å². The number of anilines is 1. The highest BCUT2D eigenvalue weighted by Crippen LogP contribution is 2.37. The van der Waals surface area contributed by atoms with E-state index in [2.05, 4.69) is 29.3 Å². The fourth-order valence-electron chi connectivity index (χ4n) is 4.89. The van der Waals surface area contributed by atoms with E-state index in [9.17, 15) is 9.59 Å². The first-order valence-electron chi connectivity index (χ1n) is 10.4. The summed E-state index contributed by atoms with van der Waals surface area (Å²) in [5.41, 5.74) is 0.532. The Bertz CT molecular complexity index is 730. The van der Waals surface area contributed by atoms with Crippen LogP contribution in [-0.2, 0) is 4.79 Å². The number of ether oxygens (including phenoxy) is 1. The molecule has 2 heterocycles. The van der Waals surface area contributed by atoms with Crippen molar-refractivity contribution >= 4 is 17.6 Å². The second kappa shape index (κ2) is 7.62. The van der Waals surface area contributed by atoms with Crippen LogP contribution in [0.3, 0.4) is 0 Å². The van der Waals surface area contributed by atoms with Crippen LogP contribution in [-0.4, -0.2) is 62.3 Å². The van der Waals surface area contributed by atoms with Gasteiger partial charge in [0.15, 0.2) is 6.67 Å². The molecule has 2 aliphatic heterocycles. The minimum Gasteiger partial charge on any atom is -0.497 e. The molecule has 2 saturated heterocycles. The molecule has 1 aromatic carbocycles. The summed E-state index contributed by atoms with van der Waals surface area (Å²) < 4.78 is 5.23. The summed E-state index contributed by atoms with van der Waals surface area (Å²) in [5.74, 6) is 1.07. The molecule has 0 unspecified atom stereocenters. The Kier molecular flexibility index (Phi) is 5.19. The average molecular weight is 388 g/mol. The van der Waals surface area contributed by atoms with Crippen molar-refractivity contribution in [3.05, 3.63) is 24.3 Å². The highest BCUT2D eigenvalue weighted by atomic mass is 16.5. The Hall–Kier alpha value is -2.28. The Labute approximate surface area is 166 Å². The number of carbonyl (C=O) groups excluding carboxylic acids is 2. The van der Waals surface area contributed by atoms with Crippen LogP contribution < -0.4 is 19.9 Å². The Morgan fingerprint density at radius 1 is 1.18 bits per heavy atom. The predicted molar refractivity (Wildman–Crippen MR) is 107 cm³/mol. The number of rotatable bonds is 4. The van der Waals surface area contributed by atoms with E-state index in [-0.39, 0.29) is 17.9 Å². The van der Waals surface area contributed by atoms with Gasteiger partial charge in [0.05, 0.1) is 33.3 Å². The van der Waals surface area contributed by atoms with Gasteiger partial charge < -0.3 is 19.9 Å². The van der Waals surface area contributed by atoms with E-state index < -0.39 is 5.54 Å². The molecule has 0 bridgehead atoms. The molecule has 1 aliphatic carbocycles. The third-order valence-corrected chi connectivity index (χ3v) is 6.79. The van der Waals surface area contributed by atoms with E-state index in [1.54, 1.807) is 7.11 Å². The lowest BCUT2D eigenvalue weighted by Crippen LogP contribution is -3.16. The molecule has 0 radical (unpaired) electrons. The fourth-order valence-corrected chi connectivity index (χ4v) is 4.89. The molecule has 1 spiro atoms. The predicted octanol–water partition coefficient (Wildman–Crippen LogP) is 0.858. The number of nitrogens with one attached hydrogen (secondary N) is 2. The van der Waals surface area contributed by atoms with Gasteiger partial charge in [-0.25, -0.2) is 9.69 Å². The molecule has 3 amide bonds. The SMILES string of the molecule is COc1ccc(N2CC[NH+](CN3C(=O)N[C@]4(CCCC[C@@H]4C)C3=O)CC2)cc1. The van der Waals surface area contributed by atoms with E-state index in [0.717, 1.165) is 57.6 Å². The van der Waals surface area contributed by atoms with Gasteiger partial charge in [-0.05, 0) is 43.0 Å². The molecule has 2 N–H and O–H groups in total. The van der Waals surface area contributed by atoms with Crippen molar-refractivity contribution in [1.82, 2.24) is 10.2 Å². The number of quaternary nitrogens is 1. The third kappa shape index (κ3) is 3.32. The standard InChI is InChI=1S/C21H30N4O3/c1-16-5-3-4-10-21(16)19(26)25(20(27)22-21)15-23-11-13-24(14-12-23)17-6-8-18(28-2)9-7-17/h6-9,16H,3-5,10-15H2,1-2H3,(H,22,27)/p+1/t16-,21-/m0/s1. The summed E-state index contributed by atoms with van der Waals surface area (Å²) in [6.45, 7) is 6.20. The largest absolute Gasteiger partial charge is 0.497 e. The molecule has 3 fully saturated rings. The van der Waals surface area contributed by atoms with Crippen LogP contribution in [0.4, 0.5) is 10.5 Å². The minimum atomic E-state index is -0.653. The van der Waals surface area contributed by atoms with Crippen LogP contribution in [0.2, 0.25) is 0 Å². The smallest absolute Gasteiger partial charge is 0.329 e. The molecule has 28 heavy (non-hydrogen) atoms. The summed E-state index contributed by atoms with van der Waals surface area (Å²) in [7, 11) is 1.67. The van der Waals surface area contributed by atoms with Gasteiger partial charge in [0.25, 0.3) is 5.91 Å². The Morgan fingerprint density at radius 2 is 1.89 bits per heavy atom. The maximum absolute atomic E-state index is 13.1. The van der Waals surface area contributed by atoms with Crippen molar-refractivity contribution in [3.8, 4) is 5.75 Å². The lowest BCUT2D eigenvalue weighted by Gasteiger charge is -2.37. The summed E-state index contributed by atoms with van der Waals surface area (Å²) in [4.78, 5) is 30.8. The summed E-state index contributed by atoms with van der Waals surface area (Å²) >= 11 is 0. The topological polar surface area (TPSA) is 66.3 Å². The van der Waals surface area contributed by atoms with Gasteiger partial charge in [0, 0.05) is 5.69 Å². The number of benzene rings is 1. The second-order valence-electron chi connectivity index (χ2n) is 8.37. The van der Waals surface area contributed by atoms with Gasteiger partial charge in [0.2, 0.25) is 0 Å². The highest BCUT2D eigenvalue weighted by Gasteiger charge is 2.55. The molecular formula is C21H31N4O3+. The fraction of sp³-hybridized carbons (Fsp3) is 0.619. The van der Waals surface area contributed by atoms with E-state index in [1.807, 2.05) is 12.1 Å². The van der Waals surface area contributed by atoms with Gasteiger partial charge in [-0.3, -0.25) is 4.79 Å². The first-order valence-corrected chi connectivity index (χ1v) is 10.4. The van der Waals surface area contributed by atoms with Crippen molar-refractivity contribution in [1.29, 1.82) is 0 Å². The Balaban J connectivity index is 1.35. The quantitative estimate of drug-likeness (QED) is 0.752. The molecule has 7 nitrogen and oxygen atoms in total. The zero-order valence-corrected chi connectivity index (χ0v) is 16.9. The molecular weight excluding hydrogens is 356 g/mol. The van der Waals surface area contributed by atoms with Gasteiger partial charge >= 0.3 is 6.03 Å². The third-order valence-electron chi connectivity index (χ3n) is 6.79. The summed E-state index contributed by atoms with van der Waals surface area (Å²) in [6, 6.07) is 7.91. The minimum absolute atomic E-state index is 0.00483. The maximum Gasteiger partial charge on any atom is 0.329 e. The number of amides is 3. The van der Waals surface area contributed by atoms with Gasteiger partial charge in [-0.15, -0.1) is 0 Å². The van der Waals surface area contributed by atoms with E-state index in [0.29, 0.717) is 6.67 Å². The molecule has 7 heteroatoms. The number of hydrogen-bond donors (Lipinski definition) is 2. The highest BCUT2D eigenvalue weighted by molar-refractivity contribution is 6.07. The first-order chi connectivity index (χ1) is 13.5. The van der Waals surface area contributed by atoms with Crippen LogP contribution in [0, 0.1) is 5.92 Å². The molecule has 152 valence electrons. The van der Waals surface area contributed by atoms with Gasteiger partial charge in [-0.1, -0.05) is 19.8 Å². The number of carbonyl (C=O) groups is 2. The number of piperazine rings is 1. The number of imide groups is 1. The van der Waals surface area contributed by atoms with Gasteiger partial charge in [0.1, 0.15) is 11.3 Å². The number of methoxy groups -OCH3 is 1. The van der Waals surface area contributed by atoms with Crippen molar-refractivity contribution < 1.29 is 19.2 Å². The maximum atomic E-state index is 13.1. The zero-order valence-electron chi connectivity index (χ0n) is 16.9. The summed E-state index contributed by atoms with van der Waals surface area (Å²) in [5, 5.41) is 3.06. The van der Waals surface area contributed by atoms with Crippen molar-refractivity contribution in [2.24, 2.45) is 5.92 Å². The molecule has 1 aromatic rings. The molecule has 1 saturated carbocycles. The Morgan fingerprint density at radius 3 is 2.54 bits per heavy atom. The normalized spacial score (nSPS) is 28.7. The van der Waals surface area contributed by atoms with E-state index in [4.69, 9.17) is 4.74 Å². The second-order valence-corrected chi connectivity index (χ2v) is 8.37. The lowest BCUT2D eigenvalue weighted by atomic mass is 9.73. The van der Waals surface area contributed by atoms with Crippen LogP contribution in [0.5, 0.6) is 5.75 Å². The number of hydrogen-bond acceptors (Lipinski definition) is 4. The summed E-state index contributed by atoms with van der Waals surface area (Å²) in [6.07, 6.45) is 3.94. The average Bonchev–Trinajstić information content (AvgIpc) is 2.96. The first kappa shape index (κ1) is 19.1. The lowest BCUT2D eigenvalue weighted by molar-refractivity contribution is -0.907. The van der Waals surface area contributed by atoms with Crippen molar-refractivity contribution in [2.75, 3.05) is 44.9 Å². The van der Waals surface area contributed by atoms with Crippen LogP contribution in [0.15, 0.2) is 24.3 Å². The molecule has 4 rings (SSSR count). The monoisotopic (exact) mass is 387 g/mol. The van der Waals surface area contributed by atoms with Crippen molar-refractivity contribution in [3.63, 3.8) is 0 Å². The number of nitrogens with zero attached hydrogens (tertiary/aromatic N) is 2. The zero-order chi connectivity index (χ0) is 19.7.